The second kappa shape index (κ2) is 3.87. The number of nitriles is 1. The van der Waals surface area contributed by atoms with Crippen LogP contribution in [0.25, 0.3) is 0 Å². The first kappa shape index (κ1) is 10.2. The molecular formula is C8H9N3O3. The summed E-state index contributed by atoms with van der Waals surface area (Å²) < 4.78 is 0. The van der Waals surface area contributed by atoms with E-state index in [-0.39, 0.29) is 13.1 Å². The summed E-state index contributed by atoms with van der Waals surface area (Å²) >= 11 is 0. The quantitative estimate of drug-likeness (QED) is 0.523. The van der Waals surface area contributed by atoms with Gasteiger partial charge in [0.2, 0.25) is 17.7 Å². The highest BCUT2D eigenvalue weighted by molar-refractivity contribution is 6.02. The number of carbonyl (C=O) groups excluding carboxylic acids is 3. The number of nitrogens with one attached hydrogen (secondary N) is 1. The average molecular weight is 195 g/mol. The molecule has 1 aliphatic rings. The molecule has 6 heteroatoms. The molecule has 0 radical (unpaired) electrons. The molecular weight excluding hydrogens is 186 g/mol. The van der Waals surface area contributed by atoms with E-state index in [9.17, 15) is 14.4 Å². The molecule has 0 bridgehead atoms. The van der Waals surface area contributed by atoms with E-state index in [1.165, 1.54) is 6.92 Å². The first-order valence-corrected chi connectivity index (χ1v) is 4.05. The molecule has 0 spiro atoms. The normalized spacial score (nSPS) is 18.4. The Morgan fingerprint density at radius 3 is 2.43 bits per heavy atom. The first-order chi connectivity index (χ1) is 6.54. The van der Waals surface area contributed by atoms with Gasteiger partial charge in [-0.1, -0.05) is 0 Å². The maximum absolute atomic E-state index is 11.4. The number of rotatable bonds is 1. The maximum atomic E-state index is 11.4. The highest BCUT2D eigenvalue weighted by atomic mass is 16.2. The van der Waals surface area contributed by atoms with Crippen LogP contribution >= 0.6 is 0 Å². The van der Waals surface area contributed by atoms with Gasteiger partial charge in [0, 0.05) is 0 Å². The van der Waals surface area contributed by atoms with E-state index < -0.39 is 23.6 Å². The van der Waals surface area contributed by atoms with Crippen LogP contribution in [0.5, 0.6) is 0 Å². The molecule has 1 fully saturated rings. The Bertz CT molecular complexity index is 315. The lowest BCUT2D eigenvalue weighted by atomic mass is 10.1. The predicted molar refractivity (Wildman–Crippen MR) is 44.5 cm³/mol. The van der Waals surface area contributed by atoms with Gasteiger partial charge >= 0.3 is 0 Å². The van der Waals surface area contributed by atoms with Gasteiger partial charge in [0.1, 0.15) is 19.0 Å². The third-order valence-corrected chi connectivity index (χ3v) is 1.82. The molecule has 0 aromatic rings. The van der Waals surface area contributed by atoms with Gasteiger partial charge in [0.25, 0.3) is 0 Å². The minimum atomic E-state index is -0.825. The number of piperazine rings is 1. The summed E-state index contributed by atoms with van der Waals surface area (Å²) in [6.07, 6.45) is 0. The number of carbonyl (C=O) groups is 3. The number of nitrogens with zero attached hydrogens (tertiary/aromatic N) is 2. The van der Waals surface area contributed by atoms with Crippen LogP contribution in [0.2, 0.25) is 0 Å². The molecule has 0 saturated carbocycles. The Kier molecular flexibility index (Phi) is 2.82. The Labute approximate surface area is 80.5 Å². The van der Waals surface area contributed by atoms with Gasteiger partial charge < -0.3 is 4.90 Å². The van der Waals surface area contributed by atoms with Gasteiger partial charge in [-0.15, -0.1) is 0 Å². The van der Waals surface area contributed by atoms with Gasteiger partial charge in [-0.2, -0.15) is 5.26 Å². The number of hydrogen-bond acceptors (Lipinski definition) is 4. The van der Waals surface area contributed by atoms with E-state index >= 15 is 0 Å². The van der Waals surface area contributed by atoms with E-state index in [0.29, 0.717) is 0 Å². The summed E-state index contributed by atoms with van der Waals surface area (Å²) in [5.41, 5.74) is 0. The summed E-state index contributed by atoms with van der Waals surface area (Å²) in [6.45, 7) is 1.12. The van der Waals surface area contributed by atoms with Crippen molar-refractivity contribution in [1.29, 1.82) is 5.26 Å². The van der Waals surface area contributed by atoms with Crippen LogP contribution in [0, 0.1) is 17.2 Å². The Morgan fingerprint density at radius 1 is 1.50 bits per heavy atom. The highest BCUT2D eigenvalue weighted by Crippen LogP contribution is 2.03. The zero-order valence-corrected chi connectivity index (χ0v) is 7.61. The topological polar surface area (TPSA) is 90.3 Å². The van der Waals surface area contributed by atoms with Crippen molar-refractivity contribution >= 4 is 17.7 Å². The summed E-state index contributed by atoms with van der Waals surface area (Å²) in [7, 11) is 0. The van der Waals surface area contributed by atoms with Crippen molar-refractivity contribution in [2.24, 2.45) is 5.92 Å². The number of imide groups is 1. The van der Waals surface area contributed by atoms with Crippen LogP contribution in [-0.4, -0.2) is 35.7 Å². The third kappa shape index (κ3) is 2.07. The first-order valence-electron chi connectivity index (χ1n) is 4.05. The van der Waals surface area contributed by atoms with Crippen LogP contribution in [0.3, 0.4) is 0 Å². The number of hydrogen-bond donors (Lipinski definition) is 1. The fourth-order valence-electron chi connectivity index (χ4n) is 1.12. The fourth-order valence-corrected chi connectivity index (χ4v) is 1.12. The average Bonchev–Trinajstić information content (AvgIpc) is 2.14. The van der Waals surface area contributed by atoms with Gasteiger partial charge in [-0.3, -0.25) is 19.7 Å². The van der Waals surface area contributed by atoms with E-state index in [2.05, 4.69) is 5.32 Å². The van der Waals surface area contributed by atoms with Crippen LogP contribution in [0.15, 0.2) is 0 Å². The summed E-state index contributed by atoms with van der Waals surface area (Å²) in [5.74, 6) is -2.34. The highest BCUT2D eigenvalue weighted by Gasteiger charge is 2.28. The molecule has 1 atom stereocenters. The van der Waals surface area contributed by atoms with Gasteiger partial charge in [-0.25, -0.2) is 0 Å². The minimum Gasteiger partial charge on any atom is -0.323 e. The lowest BCUT2D eigenvalue weighted by Crippen LogP contribution is -2.54. The molecule has 1 aliphatic heterocycles. The van der Waals surface area contributed by atoms with Crippen molar-refractivity contribution in [1.82, 2.24) is 10.2 Å². The van der Waals surface area contributed by atoms with E-state index in [4.69, 9.17) is 5.26 Å². The molecule has 3 amide bonds. The molecule has 0 aromatic carbocycles. The molecule has 0 aliphatic carbocycles. The second-order valence-corrected chi connectivity index (χ2v) is 3.02. The van der Waals surface area contributed by atoms with Crippen LogP contribution in [0.4, 0.5) is 0 Å². The summed E-state index contributed by atoms with van der Waals surface area (Å²) in [5, 5.41) is 10.6. The van der Waals surface area contributed by atoms with Gasteiger partial charge in [0.15, 0.2) is 0 Å². The van der Waals surface area contributed by atoms with Crippen molar-refractivity contribution in [3.05, 3.63) is 0 Å². The third-order valence-electron chi connectivity index (χ3n) is 1.82. The molecule has 1 saturated heterocycles. The molecule has 1 unspecified atom stereocenters. The van der Waals surface area contributed by atoms with Gasteiger partial charge in [0.05, 0.1) is 6.07 Å². The van der Waals surface area contributed by atoms with Crippen LogP contribution < -0.4 is 5.32 Å². The number of amides is 3. The Balaban J connectivity index is 2.69. The van der Waals surface area contributed by atoms with Crippen molar-refractivity contribution in [2.45, 2.75) is 6.92 Å². The van der Waals surface area contributed by atoms with Crippen molar-refractivity contribution in [3.8, 4) is 6.07 Å². The lowest BCUT2D eigenvalue weighted by molar-refractivity contribution is -0.146. The maximum Gasteiger partial charge on any atom is 0.246 e. The van der Waals surface area contributed by atoms with Crippen LogP contribution in [-0.2, 0) is 14.4 Å². The standard InChI is InChI=1S/C8H9N3O3/c1-5(2-9)8(14)11-3-6(12)10-7(13)4-11/h5H,3-4H2,1H3,(H,10,12,13). The van der Waals surface area contributed by atoms with Crippen molar-refractivity contribution in [3.63, 3.8) is 0 Å². The second-order valence-electron chi connectivity index (χ2n) is 3.02. The molecule has 1 heterocycles. The minimum absolute atomic E-state index is 0.156. The molecule has 74 valence electrons. The molecule has 1 rings (SSSR count). The van der Waals surface area contributed by atoms with E-state index in [1.807, 2.05) is 0 Å². The monoisotopic (exact) mass is 195 g/mol. The molecule has 14 heavy (non-hydrogen) atoms. The molecule has 0 aromatic heterocycles. The van der Waals surface area contributed by atoms with Gasteiger partial charge in [-0.05, 0) is 6.92 Å². The smallest absolute Gasteiger partial charge is 0.246 e. The van der Waals surface area contributed by atoms with E-state index in [0.717, 1.165) is 4.90 Å². The molecule has 6 nitrogen and oxygen atoms in total. The zero-order valence-electron chi connectivity index (χ0n) is 7.61. The lowest BCUT2D eigenvalue weighted by Gasteiger charge is -2.26. The molecule has 1 N–H and O–H groups in total. The largest absolute Gasteiger partial charge is 0.323 e. The Morgan fingerprint density at radius 2 is 2.00 bits per heavy atom. The summed E-state index contributed by atoms with van der Waals surface area (Å²) in [4.78, 5) is 34.3. The summed E-state index contributed by atoms with van der Waals surface area (Å²) in [6, 6.07) is 1.76. The van der Waals surface area contributed by atoms with Crippen molar-refractivity contribution in [2.75, 3.05) is 13.1 Å². The SMILES string of the molecule is CC(C#N)C(=O)N1CC(=O)NC(=O)C1. The fraction of sp³-hybridized carbons (Fsp3) is 0.500. The van der Waals surface area contributed by atoms with Crippen molar-refractivity contribution < 1.29 is 14.4 Å². The Hall–Kier alpha value is -1.90. The van der Waals surface area contributed by atoms with Crippen LogP contribution in [0.1, 0.15) is 6.92 Å². The predicted octanol–water partition coefficient (Wildman–Crippen LogP) is -1.37. The zero-order chi connectivity index (χ0) is 10.7. The van der Waals surface area contributed by atoms with E-state index in [1.54, 1.807) is 6.07 Å².